The van der Waals surface area contributed by atoms with Crippen molar-refractivity contribution in [3.05, 3.63) is 79.9 Å². The van der Waals surface area contributed by atoms with Crippen molar-refractivity contribution in [2.24, 2.45) is 0 Å². The van der Waals surface area contributed by atoms with Gasteiger partial charge in [0.15, 0.2) is 0 Å². The average Bonchev–Trinajstić information content (AvgIpc) is 2.54. The van der Waals surface area contributed by atoms with Gasteiger partial charge in [-0.3, -0.25) is 20.2 Å². The van der Waals surface area contributed by atoms with Crippen LogP contribution in [0.4, 0.5) is 37.7 Å². The Morgan fingerprint density at radius 2 is 1.22 bits per heavy atom. The summed E-state index contributed by atoms with van der Waals surface area (Å²) < 4.78 is 72.3. The van der Waals surface area contributed by atoms with Crippen molar-refractivity contribution in [3.63, 3.8) is 0 Å². The van der Waals surface area contributed by atoms with Crippen molar-refractivity contribution in [2.45, 2.75) is 12.4 Å². The van der Waals surface area contributed by atoms with E-state index in [-0.39, 0.29) is 5.48 Å². The zero-order valence-electron chi connectivity index (χ0n) is 12.9. The topological polar surface area (TPSA) is 118 Å². The first-order valence-electron chi connectivity index (χ1n) is 6.47. The van der Waals surface area contributed by atoms with Crippen molar-refractivity contribution in [1.29, 1.82) is 0 Å². The Morgan fingerprint density at radius 3 is 1.56 bits per heavy atom. The van der Waals surface area contributed by atoms with E-state index in [1.54, 1.807) is 6.07 Å². The third-order valence-corrected chi connectivity index (χ3v) is 2.80. The van der Waals surface area contributed by atoms with Gasteiger partial charge in [-0.15, -0.1) is 0 Å². The highest BCUT2D eigenvalue weighted by atomic mass is 19.4. The Balaban J connectivity index is 0.000000531. The maximum Gasteiger partial charge on any atom is 0.423 e. The molecule has 2 aromatic carbocycles. The Hall–Kier alpha value is -3.22. The maximum absolute atomic E-state index is 12.3. The summed E-state index contributed by atoms with van der Waals surface area (Å²) in [5, 5.41) is 20.7. The monoisotopic (exact) mass is 400 g/mol. The molecule has 0 amide bonds. The molecule has 148 valence electrons. The lowest BCUT2D eigenvalue weighted by Gasteiger charge is -2.06. The van der Waals surface area contributed by atoms with Gasteiger partial charge in [0.1, 0.15) is 5.56 Å². The lowest BCUT2D eigenvalue weighted by atomic mass is 10.1. The number of hydrogen-bond donors (Lipinski definition) is 0. The van der Waals surface area contributed by atoms with Crippen LogP contribution in [-0.2, 0) is 12.4 Å². The fraction of sp³-hybridized carbons (Fsp3) is 0.143. The zero-order chi connectivity index (χ0) is 20.1. The van der Waals surface area contributed by atoms with Crippen LogP contribution >= 0.6 is 0 Å². The van der Waals surface area contributed by atoms with Crippen LogP contribution in [0.15, 0.2) is 48.5 Å². The predicted molar refractivity (Wildman–Crippen MR) is 79.8 cm³/mol. The lowest BCUT2D eigenvalue weighted by Crippen LogP contribution is -2.10. The molecule has 0 atom stereocenters. The maximum atomic E-state index is 12.3. The van der Waals surface area contributed by atoms with Crippen LogP contribution in [0.1, 0.15) is 11.1 Å². The molecule has 0 aliphatic rings. The second-order valence-corrected chi connectivity index (χ2v) is 4.55. The minimum Gasteiger partial charge on any atom is -0.412 e. The first-order chi connectivity index (χ1) is 11.9. The SMILES string of the molecule is FC(F)(F)c1ccccc1.O.O=[N+]([O-])c1cccc(C(F)(F)F)c1[N+](=O)[O-]. The second kappa shape index (κ2) is 8.93. The van der Waals surface area contributed by atoms with Gasteiger partial charge in [0.2, 0.25) is 0 Å². The number of rotatable bonds is 2. The number of alkyl halides is 6. The molecule has 0 aliphatic carbocycles. The third-order valence-electron chi connectivity index (χ3n) is 2.80. The first kappa shape index (κ1) is 23.8. The summed E-state index contributed by atoms with van der Waals surface area (Å²) in [6, 6.07) is 8.17. The Morgan fingerprint density at radius 1 is 0.704 bits per heavy atom. The minimum absolute atomic E-state index is 0. The molecule has 0 heterocycles. The minimum atomic E-state index is -5.01. The molecule has 0 bridgehead atoms. The van der Waals surface area contributed by atoms with Gasteiger partial charge >= 0.3 is 23.7 Å². The van der Waals surface area contributed by atoms with Crippen LogP contribution in [0.25, 0.3) is 0 Å². The van der Waals surface area contributed by atoms with Crippen LogP contribution < -0.4 is 0 Å². The molecule has 0 fully saturated rings. The normalized spacial score (nSPS) is 10.9. The summed E-state index contributed by atoms with van der Waals surface area (Å²) in [6.07, 6.45) is -9.21. The van der Waals surface area contributed by atoms with Crippen molar-refractivity contribution in [1.82, 2.24) is 0 Å². The number of nitro benzene ring substituents is 2. The van der Waals surface area contributed by atoms with Gasteiger partial charge < -0.3 is 5.48 Å². The molecule has 0 unspecified atom stereocenters. The quantitative estimate of drug-likeness (QED) is 0.422. The van der Waals surface area contributed by atoms with Gasteiger partial charge in [-0.05, 0) is 6.07 Å². The molecule has 27 heavy (non-hydrogen) atoms. The molecular formula is C14H10F6N2O5. The van der Waals surface area contributed by atoms with E-state index in [1.165, 1.54) is 12.1 Å². The Labute approximate surface area is 146 Å². The molecule has 0 radical (unpaired) electrons. The van der Waals surface area contributed by atoms with Crippen LogP contribution in [-0.4, -0.2) is 15.3 Å². The van der Waals surface area contributed by atoms with Gasteiger partial charge in [-0.25, -0.2) is 0 Å². The summed E-state index contributed by atoms with van der Waals surface area (Å²) >= 11 is 0. The number of para-hydroxylation sites is 1. The van der Waals surface area contributed by atoms with Gasteiger partial charge in [-0.2, -0.15) is 26.3 Å². The van der Waals surface area contributed by atoms with Crippen LogP contribution in [0.5, 0.6) is 0 Å². The van der Waals surface area contributed by atoms with Crippen molar-refractivity contribution in [2.75, 3.05) is 0 Å². The predicted octanol–water partition coefficient (Wildman–Crippen LogP) is 4.40. The highest BCUT2D eigenvalue weighted by molar-refractivity contribution is 5.58. The molecule has 2 N–H and O–H groups in total. The summed E-state index contributed by atoms with van der Waals surface area (Å²) in [5.74, 6) is 0. The van der Waals surface area contributed by atoms with Crippen molar-refractivity contribution in [3.8, 4) is 0 Å². The highest BCUT2D eigenvalue weighted by Gasteiger charge is 2.42. The highest BCUT2D eigenvalue weighted by Crippen LogP contribution is 2.40. The number of nitro groups is 2. The molecule has 0 aliphatic heterocycles. The van der Waals surface area contributed by atoms with Crippen molar-refractivity contribution >= 4 is 11.4 Å². The Bertz CT molecular complexity index is 793. The van der Waals surface area contributed by atoms with E-state index in [2.05, 4.69) is 0 Å². The number of nitrogens with zero attached hydrogens (tertiary/aromatic N) is 2. The standard InChI is InChI=1S/C7H3F3N2O4.C7H5F3.H2O/c8-7(9,10)4-2-1-3-5(11(13)14)6(4)12(15)16;8-7(9,10)6-4-2-1-3-5-6;/h1-3H;1-5H;1H2. The van der Waals surface area contributed by atoms with E-state index >= 15 is 0 Å². The summed E-state index contributed by atoms with van der Waals surface area (Å²) in [7, 11) is 0. The second-order valence-electron chi connectivity index (χ2n) is 4.55. The largest absolute Gasteiger partial charge is 0.423 e. The number of benzene rings is 2. The number of halogens is 6. The summed E-state index contributed by atoms with van der Waals surface area (Å²) in [6.45, 7) is 0. The van der Waals surface area contributed by atoms with Crippen LogP contribution in [0.3, 0.4) is 0 Å². The lowest BCUT2D eigenvalue weighted by molar-refractivity contribution is -0.424. The van der Waals surface area contributed by atoms with E-state index in [0.717, 1.165) is 18.2 Å². The summed E-state index contributed by atoms with van der Waals surface area (Å²) in [4.78, 5) is 18.1. The molecule has 0 spiro atoms. The fourth-order valence-electron chi connectivity index (χ4n) is 1.73. The van der Waals surface area contributed by atoms with E-state index in [0.29, 0.717) is 12.1 Å². The number of hydrogen-bond acceptors (Lipinski definition) is 4. The molecule has 2 rings (SSSR count). The molecule has 13 heteroatoms. The van der Waals surface area contributed by atoms with E-state index in [1.807, 2.05) is 0 Å². The Kier molecular flexibility index (Phi) is 7.87. The first-order valence-corrected chi connectivity index (χ1v) is 6.47. The zero-order valence-corrected chi connectivity index (χ0v) is 12.9. The van der Waals surface area contributed by atoms with E-state index in [4.69, 9.17) is 0 Å². The molecule has 7 nitrogen and oxygen atoms in total. The van der Waals surface area contributed by atoms with Crippen LogP contribution in [0, 0.1) is 20.2 Å². The smallest absolute Gasteiger partial charge is 0.412 e. The van der Waals surface area contributed by atoms with Gasteiger partial charge in [0.25, 0.3) is 0 Å². The molecule has 0 aromatic heterocycles. The molecule has 0 saturated heterocycles. The third kappa shape index (κ3) is 6.54. The summed E-state index contributed by atoms with van der Waals surface area (Å²) in [5.41, 5.74) is -4.96. The fourth-order valence-corrected chi connectivity index (χ4v) is 1.73. The average molecular weight is 400 g/mol. The van der Waals surface area contributed by atoms with Gasteiger partial charge in [0.05, 0.1) is 15.4 Å². The molecular weight excluding hydrogens is 390 g/mol. The van der Waals surface area contributed by atoms with E-state index in [9.17, 15) is 46.6 Å². The molecule has 0 saturated carbocycles. The van der Waals surface area contributed by atoms with Crippen LogP contribution in [0.2, 0.25) is 0 Å². The molecule has 2 aromatic rings. The van der Waals surface area contributed by atoms with Gasteiger partial charge in [-0.1, -0.05) is 36.4 Å². The van der Waals surface area contributed by atoms with Crippen molar-refractivity contribution < 1.29 is 41.7 Å². The van der Waals surface area contributed by atoms with Gasteiger partial charge in [0, 0.05) is 6.07 Å². The van der Waals surface area contributed by atoms with E-state index < -0.39 is 44.7 Å².